The zero-order valence-electron chi connectivity index (χ0n) is 14.8. The van der Waals surface area contributed by atoms with Crippen molar-refractivity contribution in [1.29, 1.82) is 0 Å². The predicted octanol–water partition coefficient (Wildman–Crippen LogP) is 2.45. The maximum atomic E-state index is 11.4. The van der Waals surface area contributed by atoms with Gasteiger partial charge >= 0.3 is 0 Å². The van der Waals surface area contributed by atoms with E-state index in [9.17, 15) is 8.42 Å². The van der Waals surface area contributed by atoms with E-state index in [1.54, 1.807) is 31.3 Å². The minimum absolute atomic E-state index is 0. The van der Waals surface area contributed by atoms with E-state index in [1.807, 2.05) is 30.3 Å². The summed E-state index contributed by atoms with van der Waals surface area (Å²) in [6.45, 7) is 1.68. The van der Waals surface area contributed by atoms with Gasteiger partial charge in [0.05, 0.1) is 11.4 Å². The molecule has 0 heterocycles. The van der Waals surface area contributed by atoms with Gasteiger partial charge in [-0.2, -0.15) is 0 Å². The maximum absolute atomic E-state index is 11.4. The zero-order valence-corrected chi connectivity index (χ0v) is 18.0. The fraction of sp³-hybridized carbons (Fsp3) is 0.278. The van der Waals surface area contributed by atoms with Crippen molar-refractivity contribution >= 4 is 39.8 Å². The monoisotopic (exact) mass is 489 g/mol. The van der Waals surface area contributed by atoms with Crippen molar-refractivity contribution in [1.82, 2.24) is 10.6 Å². The van der Waals surface area contributed by atoms with Crippen molar-refractivity contribution in [3.8, 4) is 5.75 Å². The molecule has 6 nitrogen and oxygen atoms in total. The van der Waals surface area contributed by atoms with Crippen LogP contribution in [0.4, 0.5) is 0 Å². The molecule has 0 amide bonds. The highest BCUT2D eigenvalue weighted by atomic mass is 127. The minimum Gasteiger partial charge on any atom is -0.492 e. The second kappa shape index (κ2) is 11.0. The number of hydrogen-bond donors (Lipinski definition) is 2. The molecular formula is C18H24IN3O3S. The van der Waals surface area contributed by atoms with E-state index in [-0.39, 0.29) is 24.0 Å². The van der Waals surface area contributed by atoms with Crippen LogP contribution >= 0.6 is 24.0 Å². The lowest BCUT2D eigenvalue weighted by Crippen LogP contribution is -2.38. The summed E-state index contributed by atoms with van der Waals surface area (Å²) in [6, 6.07) is 16.4. The number of rotatable bonds is 7. The van der Waals surface area contributed by atoms with Crippen LogP contribution in [0.15, 0.2) is 64.5 Å². The largest absolute Gasteiger partial charge is 0.492 e. The number of sulfone groups is 1. The number of halogens is 1. The van der Waals surface area contributed by atoms with Crippen LogP contribution in [0.3, 0.4) is 0 Å². The average molecular weight is 489 g/mol. The second-order valence-corrected chi connectivity index (χ2v) is 7.45. The van der Waals surface area contributed by atoms with Gasteiger partial charge in [-0.3, -0.25) is 4.99 Å². The summed E-state index contributed by atoms with van der Waals surface area (Å²) in [5.74, 6) is 1.49. The highest BCUT2D eigenvalue weighted by molar-refractivity contribution is 14.0. The van der Waals surface area contributed by atoms with Crippen LogP contribution in [0.25, 0.3) is 0 Å². The number of hydrogen-bond acceptors (Lipinski definition) is 4. The molecular weight excluding hydrogens is 465 g/mol. The Balaban J connectivity index is 0.00000338. The van der Waals surface area contributed by atoms with Crippen molar-refractivity contribution < 1.29 is 13.2 Å². The molecule has 142 valence electrons. The zero-order chi connectivity index (χ0) is 18.1. The van der Waals surface area contributed by atoms with Gasteiger partial charge in [0.1, 0.15) is 12.4 Å². The van der Waals surface area contributed by atoms with Crippen LogP contribution in [-0.4, -0.2) is 40.8 Å². The number of benzene rings is 2. The average Bonchev–Trinajstić information content (AvgIpc) is 2.61. The van der Waals surface area contributed by atoms with Gasteiger partial charge in [-0.05, 0) is 29.8 Å². The molecule has 0 bridgehead atoms. The molecule has 0 radical (unpaired) electrons. The SMILES string of the molecule is CN=C(NCCOc1ccccc1)NCc1ccc(S(C)(=O)=O)cc1.I. The van der Waals surface area contributed by atoms with Crippen molar-refractivity contribution in [2.75, 3.05) is 26.5 Å². The molecule has 26 heavy (non-hydrogen) atoms. The number of aliphatic imine (C=N–C) groups is 1. The third-order valence-corrected chi connectivity index (χ3v) is 4.57. The summed E-state index contributed by atoms with van der Waals surface area (Å²) in [7, 11) is -1.47. The first kappa shape index (κ1) is 22.2. The number of para-hydroxylation sites is 1. The molecule has 0 aliphatic heterocycles. The van der Waals surface area contributed by atoms with Gasteiger partial charge in [0, 0.05) is 19.8 Å². The number of nitrogens with zero attached hydrogens (tertiary/aromatic N) is 1. The van der Waals surface area contributed by atoms with Crippen molar-refractivity contribution in [3.63, 3.8) is 0 Å². The number of guanidine groups is 1. The van der Waals surface area contributed by atoms with Crippen molar-refractivity contribution in [3.05, 3.63) is 60.2 Å². The molecule has 2 aromatic rings. The van der Waals surface area contributed by atoms with Gasteiger partial charge in [0.15, 0.2) is 15.8 Å². The molecule has 8 heteroatoms. The highest BCUT2D eigenvalue weighted by Gasteiger charge is 2.06. The summed E-state index contributed by atoms with van der Waals surface area (Å²) in [5, 5.41) is 6.34. The standard InChI is InChI=1S/C18H23N3O3S.HI/c1-19-18(20-12-13-24-16-6-4-3-5-7-16)21-14-15-8-10-17(11-9-15)25(2,22)23;/h3-11H,12-14H2,1-2H3,(H2,19,20,21);1H. The molecule has 0 aromatic heterocycles. The van der Waals surface area contributed by atoms with E-state index in [0.29, 0.717) is 30.6 Å². The minimum atomic E-state index is -3.16. The van der Waals surface area contributed by atoms with E-state index in [4.69, 9.17) is 4.74 Å². The molecule has 0 atom stereocenters. The third kappa shape index (κ3) is 7.61. The smallest absolute Gasteiger partial charge is 0.191 e. The molecule has 0 spiro atoms. The Kier molecular flexibility index (Phi) is 9.42. The van der Waals surface area contributed by atoms with Crippen LogP contribution in [0.2, 0.25) is 0 Å². The number of ether oxygens (including phenoxy) is 1. The van der Waals surface area contributed by atoms with Crippen LogP contribution in [0.1, 0.15) is 5.56 Å². The van der Waals surface area contributed by atoms with Crippen LogP contribution < -0.4 is 15.4 Å². The van der Waals surface area contributed by atoms with Gasteiger partial charge in [-0.1, -0.05) is 30.3 Å². The molecule has 0 aliphatic carbocycles. The Morgan fingerprint density at radius 2 is 1.69 bits per heavy atom. The molecule has 0 saturated carbocycles. The molecule has 0 aliphatic rings. The normalized spacial score (nSPS) is 11.4. The van der Waals surface area contributed by atoms with Crippen LogP contribution in [-0.2, 0) is 16.4 Å². The molecule has 2 aromatic carbocycles. The molecule has 0 unspecified atom stereocenters. The maximum Gasteiger partial charge on any atom is 0.191 e. The molecule has 0 saturated heterocycles. The summed E-state index contributed by atoms with van der Waals surface area (Å²) in [5.41, 5.74) is 0.968. The van der Waals surface area contributed by atoms with E-state index in [1.165, 1.54) is 6.26 Å². The summed E-state index contributed by atoms with van der Waals surface area (Å²) in [6.07, 6.45) is 1.20. The van der Waals surface area contributed by atoms with Crippen molar-refractivity contribution in [2.45, 2.75) is 11.4 Å². The highest BCUT2D eigenvalue weighted by Crippen LogP contribution is 2.10. The Labute approximate surface area is 172 Å². The van der Waals surface area contributed by atoms with Gasteiger partial charge in [-0.15, -0.1) is 24.0 Å². The van der Waals surface area contributed by atoms with Gasteiger partial charge in [-0.25, -0.2) is 8.42 Å². The fourth-order valence-electron chi connectivity index (χ4n) is 2.12. The van der Waals surface area contributed by atoms with Crippen LogP contribution in [0, 0.1) is 0 Å². The second-order valence-electron chi connectivity index (χ2n) is 5.43. The lowest BCUT2D eigenvalue weighted by Gasteiger charge is -2.12. The predicted molar refractivity (Wildman–Crippen MR) is 115 cm³/mol. The van der Waals surface area contributed by atoms with E-state index >= 15 is 0 Å². The molecule has 0 fully saturated rings. The van der Waals surface area contributed by atoms with Crippen LogP contribution in [0.5, 0.6) is 5.75 Å². The van der Waals surface area contributed by atoms with E-state index in [0.717, 1.165) is 11.3 Å². The Hall–Kier alpha value is -1.81. The third-order valence-electron chi connectivity index (χ3n) is 3.44. The van der Waals surface area contributed by atoms with E-state index < -0.39 is 9.84 Å². The first-order valence-corrected chi connectivity index (χ1v) is 9.79. The quantitative estimate of drug-likeness (QED) is 0.271. The topological polar surface area (TPSA) is 79.8 Å². The van der Waals surface area contributed by atoms with Gasteiger partial charge in [0.25, 0.3) is 0 Å². The Morgan fingerprint density at radius 1 is 1.04 bits per heavy atom. The molecule has 2 N–H and O–H groups in total. The number of nitrogens with one attached hydrogen (secondary N) is 2. The van der Waals surface area contributed by atoms with Gasteiger partial charge < -0.3 is 15.4 Å². The van der Waals surface area contributed by atoms with E-state index in [2.05, 4.69) is 15.6 Å². The molecule has 2 rings (SSSR count). The summed E-state index contributed by atoms with van der Waals surface area (Å²) >= 11 is 0. The van der Waals surface area contributed by atoms with Gasteiger partial charge in [0.2, 0.25) is 0 Å². The lowest BCUT2D eigenvalue weighted by molar-refractivity contribution is 0.322. The lowest BCUT2D eigenvalue weighted by atomic mass is 10.2. The summed E-state index contributed by atoms with van der Waals surface area (Å²) in [4.78, 5) is 4.46. The Bertz CT molecular complexity index is 794. The first-order valence-electron chi connectivity index (χ1n) is 7.90. The Morgan fingerprint density at radius 3 is 2.27 bits per heavy atom. The fourth-order valence-corrected chi connectivity index (χ4v) is 2.75. The summed E-state index contributed by atoms with van der Waals surface area (Å²) < 4.78 is 28.5. The van der Waals surface area contributed by atoms with Crippen molar-refractivity contribution in [2.24, 2.45) is 4.99 Å². The first-order chi connectivity index (χ1) is 12.0.